The van der Waals surface area contributed by atoms with Gasteiger partial charge in [-0.05, 0) is 24.3 Å². The summed E-state index contributed by atoms with van der Waals surface area (Å²) < 4.78 is 4.91. The molecule has 0 atom stereocenters. The van der Waals surface area contributed by atoms with E-state index in [4.69, 9.17) is 10.5 Å². The number of nitrogens with two attached hydrogens (primary N) is 1. The molecule has 6 nitrogen and oxygen atoms in total. The van der Waals surface area contributed by atoms with E-state index >= 15 is 0 Å². The SMILES string of the molecule is C1N2CN3CN1CN(C2)C3.COc1ccc(N)cc1.[Ru]. The minimum atomic E-state index is 0. The van der Waals surface area contributed by atoms with Crippen LogP contribution in [0.3, 0.4) is 0 Å². The Kier molecular flexibility index (Phi) is 5.35. The summed E-state index contributed by atoms with van der Waals surface area (Å²) in [5.74, 6) is 0.837. The van der Waals surface area contributed by atoms with Crippen molar-refractivity contribution in [3.05, 3.63) is 24.3 Å². The summed E-state index contributed by atoms with van der Waals surface area (Å²) in [7, 11) is 1.63. The molecule has 4 aliphatic rings. The van der Waals surface area contributed by atoms with E-state index in [1.807, 2.05) is 12.1 Å². The molecule has 2 N–H and O–H groups in total. The first-order valence-electron chi connectivity index (χ1n) is 6.52. The van der Waals surface area contributed by atoms with Gasteiger partial charge in [-0.2, -0.15) is 0 Å². The molecule has 4 heterocycles. The Bertz CT molecular complexity index is 371. The molecule has 0 aliphatic carbocycles. The largest absolute Gasteiger partial charge is 0.497 e. The molecule has 0 saturated carbocycles. The molecule has 5 rings (SSSR count). The zero-order valence-electron chi connectivity index (χ0n) is 11.7. The number of hydrogen-bond acceptors (Lipinski definition) is 6. The van der Waals surface area contributed by atoms with Crippen molar-refractivity contribution in [2.45, 2.75) is 0 Å². The summed E-state index contributed by atoms with van der Waals surface area (Å²) in [5, 5.41) is 0. The molecule has 4 bridgehead atoms. The van der Waals surface area contributed by atoms with Crippen LogP contribution in [0.5, 0.6) is 5.75 Å². The maximum absolute atomic E-state index is 5.43. The molecule has 4 aliphatic heterocycles. The average Bonchev–Trinajstić information content (AvgIpc) is 2.39. The molecule has 112 valence electrons. The molecular weight excluding hydrogens is 343 g/mol. The molecule has 0 radical (unpaired) electrons. The maximum atomic E-state index is 5.43. The Morgan fingerprint density at radius 3 is 1.45 bits per heavy atom. The summed E-state index contributed by atoms with van der Waals surface area (Å²) in [4.78, 5) is 9.88. The number of methoxy groups -OCH3 is 1. The van der Waals surface area contributed by atoms with E-state index in [2.05, 4.69) is 19.6 Å². The van der Waals surface area contributed by atoms with E-state index in [1.54, 1.807) is 19.2 Å². The Morgan fingerprint density at radius 2 is 1.15 bits per heavy atom. The van der Waals surface area contributed by atoms with E-state index in [0.29, 0.717) is 0 Å². The third kappa shape index (κ3) is 3.68. The zero-order valence-corrected chi connectivity index (χ0v) is 13.4. The minimum absolute atomic E-state index is 0. The first kappa shape index (κ1) is 15.7. The number of benzene rings is 1. The fourth-order valence-electron chi connectivity index (χ4n) is 2.84. The van der Waals surface area contributed by atoms with Crippen molar-refractivity contribution in [1.29, 1.82) is 0 Å². The fourth-order valence-corrected chi connectivity index (χ4v) is 2.84. The number of hydrogen-bond donors (Lipinski definition) is 1. The monoisotopic (exact) mass is 365 g/mol. The van der Waals surface area contributed by atoms with Gasteiger partial charge in [0, 0.05) is 25.2 Å². The standard InChI is InChI=1S/C7H9NO.C6H12N4.Ru/c1-9-7-4-2-6(8)3-5-7;1-7-2-9-4-8(1)5-10(3-7)6-9;/h2-5H,8H2,1H3;1-6H2;. The van der Waals surface area contributed by atoms with E-state index in [-0.39, 0.29) is 19.5 Å². The molecule has 0 spiro atoms. The first-order chi connectivity index (χ1) is 9.22. The smallest absolute Gasteiger partial charge is 0.119 e. The molecular formula is C13H21N5ORu. The van der Waals surface area contributed by atoms with Crippen LogP contribution in [0.2, 0.25) is 0 Å². The van der Waals surface area contributed by atoms with Gasteiger partial charge in [0.15, 0.2) is 0 Å². The third-order valence-corrected chi connectivity index (χ3v) is 3.52. The summed E-state index contributed by atoms with van der Waals surface area (Å²) in [5.41, 5.74) is 6.19. The summed E-state index contributed by atoms with van der Waals surface area (Å²) in [6.45, 7) is 7.12. The summed E-state index contributed by atoms with van der Waals surface area (Å²) in [6, 6.07) is 7.27. The average molecular weight is 364 g/mol. The van der Waals surface area contributed by atoms with Crippen LogP contribution in [0.25, 0.3) is 0 Å². The van der Waals surface area contributed by atoms with Gasteiger partial charge >= 0.3 is 0 Å². The van der Waals surface area contributed by atoms with Crippen LogP contribution in [0, 0.1) is 0 Å². The maximum Gasteiger partial charge on any atom is 0.119 e. The number of ether oxygens (including phenoxy) is 1. The van der Waals surface area contributed by atoms with Gasteiger partial charge in [0.1, 0.15) is 5.75 Å². The van der Waals surface area contributed by atoms with Crippen LogP contribution in [-0.4, -0.2) is 66.7 Å². The first-order valence-corrected chi connectivity index (χ1v) is 6.52. The van der Waals surface area contributed by atoms with Crippen LogP contribution in [0.1, 0.15) is 0 Å². The quantitative estimate of drug-likeness (QED) is 0.570. The Balaban J connectivity index is 0.000000141. The predicted molar refractivity (Wildman–Crippen MR) is 74.0 cm³/mol. The number of nitrogens with zero attached hydrogens (tertiary/aromatic N) is 4. The number of rotatable bonds is 1. The van der Waals surface area contributed by atoms with Crippen molar-refractivity contribution in [2.75, 3.05) is 52.9 Å². The number of anilines is 1. The minimum Gasteiger partial charge on any atom is -0.497 e. The van der Waals surface area contributed by atoms with Gasteiger partial charge in [0.2, 0.25) is 0 Å². The van der Waals surface area contributed by atoms with Gasteiger partial charge in [0.25, 0.3) is 0 Å². The van der Waals surface area contributed by atoms with Crippen molar-refractivity contribution in [3.8, 4) is 5.75 Å². The molecule has 0 amide bonds. The van der Waals surface area contributed by atoms with Crippen LogP contribution < -0.4 is 10.5 Å². The molecule has 4 fully saturated rings. The fraction of sp³-hybridized carbons (Fsp3) is 0.538. The number of nitrogen functional groups attached to an aromatic ring is 1. The van der Waals surface area contributed by atoms with Gasteiger partial charge in [-0.25, -0.2) is 0 Å². The van der Waals surface area contributed by atoms with Crippen molar-refractivity contribution in [1.82, 2.24) is 19.6 Å². The van der Waals surface area contributed by atoms with Crippen molar-refractivity contribution < 1.29 is 24.2 Å². The van der Waals surface area contributed by atoms with Crippen molar-refractivity contribution in [3.63, 3.8) is 0 Å². The Morgan fingerprint density at radius 1 is 0.800 bits per heavy atom. The van der Waals surface area contributed by atoms with Crippen LogP contribution >= 0.6 is 0 Å². The van der Waals surface area contributed by atoms with Crippen LogP contribution in [0.15, 0.2) is 24.3 Å². The van der Waals surface area contributed by atoms with Crippen molar-refractivity contribution >= 4 is 5.69 Å². The normalized spacial score (nSPS) is 32.9. The molecule has 7 heteroatoms. The molecule has 4 saturated heterocycles. The third-order valence-electron chi connectivity index (χ3n) is 3.52. The predicted octanol–water partition coefficient (Wildman–Crippen LogP) is 0.255. The molecule has 1 aromatic rings. The second-order valence-electron chi connectivity index (χ2n) is 5.30. The van der Waals surface area contributed by atoms with Gasteiger partial charge in [-0.15, -0.1) is 0 Å². The Labute approximate surface area is 132 Å². The van der Waals surface area contributed by atoms with E-state index in [9.17, 15) is 0 Å². The molecule has 0 unspecified atom stereocenters. The second-order valence-corrected chi connectivity index (χ2v) is 5.30. The van der Waals surface area contributed by atoms with E-state index in [1.165, 1.54) is 40.0 Å². The summed E-state index contributed by atoms with van der Waals surface area (Å²) >= 11 is 0. The van der Waals surface area contributed by atoms with E-state index < -0.39 is 0 Å². The van der Waals surface area contributed by atoms with E-state index in [0.717, 1.165) is 11.4 Å². The molecule has 20 heavy (non-hydrogen) atoms. The van der Waals surface area contributed by atoms with Crippen LogP contribution in [-0.2, 0) is 19.5 Å². The molecule has 0 aromatic heterocycles. The van der Waals surface area contributed by atoms with Crippen molar-refractivity contribution in [2.24, 2.45) is 0 Å². The van der Waals surface area contributed by atoms with Gasteiger partial charge < -0.3 is 10.5 Å². The Hall–Kier alpha value is -0.717. The van der Waals surface area contributed by atoms with Gasteiger partial charge in [-0.1, -0.05) is 0 Å². The molecule has 1 aromatic carbocycles. The van der Waals surface area contributed by atoms with Gasteiger partial charge in [-0.3, -0.25) is 19.6 Å². The topological polar surface area (TPSA) is 48.2 Å². The summed E-state index contributed by atoms with van der Waals surface area (Å²) in [6.07, 6.45) is 0. The van der Waals surface area contributed by atoms with Gasteiger partial charge in [0.05, 0.1) is 47.1 Å². The van der Waals surface area contributed by atoms with Crippen LogP contribution in [0.4, 0.5) is 5.69 Å². The zero-order chi connectivity index (χ0) is 13.2. The second kappa shape index (κ2) is 6.83.